The molecule has 1 aliphatic rings. The molecule has 0 amide bonds. The quantitative estimate of drug-likeness (QED) is 0.644. The van der Waals surface area contributed by atoms with Gasteiger partial charge in [0.25, 0.3) is 5.56 Å². The first-order valence-electron chi connectivity index (χ1n) is 8.75. The van der Waals surface area contributed by atoms with Gasteiger partial charge in [0.05, 0.1) is 12.6 Å². The number of carboxylic acid groups (broad SMARTS) is 1. The van der Waals surface area contributed by atoms with Crippen molar-refractivity contribution in [3.05, 3.63) is 32.6 Å². The van der Waals surface area contributed by atoms with Crippen molar-refractivity contribution in [2.24, 2.45) is 11.8 Å². The minimum Gasteiger partial charge on any atom is -0.480 e. The van der Waals surface area contributed by atoms with Crippen molar-refractivity contribution >= 4 is 5.97 Å². The average Bonchev–Trinajstić information content (AvgIpc) is 3.04. The van der Waals surface area contributed by atoms with E-state index in [1.165, 1.54) is 10.8 Å². The van der Waals surface area contributed by atoms with Crippen LogP contribution in [0.4, 0.5) is 0 Å². The van der Waals surface area contributed by atoms with E-state index in [0.29, 0.717) is 23.8 Å². The van der Waals surface area contributed by atoms with E-state index in [4.69, 9.17) is 9.84 Å². The van der Waals surface area contributed by atoms with E-state index in [1.807, 2.05) is 0 Å². The zero-order chi connectivity index (χ0) is 18.6. The number of carboxylic acids is 1. The summed E-state index contributed by atoms with van der Waals surface area (Å²) < 4.78 is 7.48. The first kappa shape index (κ1) is 19.4. The fraction of sp³-hybridized carbons (Fsp3) is 0.706. The second kappa shape index (κ2) is 8.44. The van der Waals surface area contributed by atoms with Gasteiger partial charge in [0, 0.05) is 18.3 Å². The Kier molecular flexibility index (Phi) is 6.55. The Bertz CT molecular complexity index is 711. The van der Waals surface area contributed by atoms with Crippen LogP contribution in [0.5, 0.6) is 0 Å². The summed E-state index contributed by atoms with van der Waals surface area (Å²) in [5.41, 5.74) is -0.710. The fourth-order valence-corrected chi connectivity index (χ4v) is 3.15. The van der Waals surface area contributed by atoms with Crippen LogP contribution in [-0.2, 0) is 16.1 Å². The van der Waals surface area contributed by atoms with E-state index in [9.17, 15) is 14.4 Å². The number of rotatable bonds is 8. The fourth-order valence-electron chi connectivity index (χ4n) is 3.15. The molecule has 0 bridgehead atoms. The number of carbonyl (C=O) groups is 1. The van der Waals surface area contributed by atoms with Crippen LogP contribution < -0.4 is 16.6 Å². The summed E-state index contributed by atoms with van der Waals surface area (Å²) in [7, 11) is 0. The molecular formula is C17H27N3O5. The maximum atomic E-state index is 12.1. The van der Waals surface area contributed by atoms with Gasteiger partial charge in [0.15, 0.2) is 0 Å². The number of H-pyrrole nitrogens is 1. The molecule has 3 N–H and O–H groups in total. The summed E-state index contributed by atoms with van der Waals surface area (Å²) in [6, 6.07) is 0. The van der Waals surface area contributed by atoms with Crippen molar-refractivity contribution in [1.29, 1.82) is 0 Å². The Morgan fingerprint density at radius 1 is 1.44 bits per heavy atom. The molecule has 2 heterocycles. The Morgan fingerprint density at radius 3 is 2.80 bits per heavy atom. The largest absolute Gasteiger partial charge is 0.480 e. The molecule has 25 heavy (non-hydrogen) atoms. The number of hydrogen-bond donors (Lipinski definition) is 3. The van der Waals surface area contributed by atoms with Crippen LogP contribution in [0.3, 0.4) is 0 Å². The van der Waals surface area contributed by atoms with E-state index in [1.54, 1.807) is 0 Å². The maximum absolute atomic E-state index is 12.1. The summed E-state index contributed by atoms with van der Waals surface area (Å²) in [6.07, 6.45) is 3.81. The molecule has 1 aromatic rings. The number of hydrogen-bond acceptors (Lipinski definition) is 5. The average molecular weight is 353 g/mol. The third kappa shape index (κ3) is 4.79. The summed E-state index contributed by atoms with van der Waals surface area (Å²) in [5.74, 6) is -0.0808. The van der Waals surface area contributed by atoms with Gasteiger partial charge in [-0.15, -0.1) is 0 Å². The predicted octanol–water partition coefficient (Wildman–Crippen LogP) is 1.07. The van der Waals surface area contributed by atoms with Gasteiger partial charge in [-0.05, 0) is 24.7 Å². The SMILES string of the molecule is CCC(C)C(C)C1CCC(n2cc(CNCC(=O)O)c(=O)[nH]c2=O)O1. The van der Waals surface area contributed by atoms with E-state index in [-0.39, 0.29) is 19.2 Å². The zero-order valence-corrected chi connectivity index (χ0v) is 14.9. The highest BCUT2D eigenvalue weighted by Crippen LogP contribution is 2.34. The molecule has 2 rings (SSSR count). The molecule has 0 radical (unpaired) electrons. The molecule has 0 aromatic carbocycles. The zero-order valence-electron chi connectivity index (χ0n) is 14.9. The van der Waals surface area contributed by atoms with Crippen molar-refractivity contribution < 1.29 is 14.6 Å². The number of aliphatic carboxylic acids is 1. The third-order valence-electron chi connectivity index (χ3n) is 5.10. The van der Waals surface area contributed by atoms with Gasteiger partial charge < -0.3 is 15.2 Å². The molecule has 0 aliphatic carbocycles. The summed E-state index contributed by atoms with van der Waals surface area (Å²) in [5, 5.41) is 11.3. The summed E-state index contributed by atoms with van der Waals surface area (Å²) in [4.78, 5) is 36.9. The first-order chi connectivity index (χ1) is 11.8. The standard InChI is InChI=1S/C17H27N3O5/c1-4-10(2)11(3)13-5-6-14(25-13)20-9-12(7-18-8-15(21)22)16(23)19-17(20)24/h9-11,13-14,18H,4-8H2,1-3H3,(H,21,22)(H,19,23,24). The van der Waals surface area contributed by atoms with Crippen LogP contribution in [0.2, 0.25) is 0 Å². The molecule has 140 valence electrons. The lowest BCUT2D eigenvalue weighted by Gasteiger charge is -2.25. The smallest absolute Gasteiger partial charge is 0.330 e. The normalized spacial score (nSPS) is 22.7. The van der Waals surface area contributed by atoms with Crippen molar-refractivity contribution in [3.8, 4) is 0 Å². The number of nitrogens with one attached hydrogen (secondary N) is 2. The van der Waals surface area contributed by atoms with E-state index in [0.717, 1.165) is 12.8 Å². The second-order valence-corrected chi connectivity index (χ2v) is 6.77. The minimum absolute atomic E-state index is 0.0708. The van der Waals surface area contributed by atoms with Crippen molar-refractivity contribution in [3.63, 3.8) is 0 Å². The Labute approximate surface area is 146 Å². The monoisotopic (exact) mass is 353 g/mol. The topological polar surface area (TPSA) is 113 Å². The van der Waals surface area contributed by atoms with Gasteiger partial charge in [0.2, 0.25) is 0 Å². The highest BCUT2D eigenvalue weighted by molar-refractivity contribution is 5.68. The molecule has 1 aromatic heterocycles. The van der Waals surface area contributed by atoms with Crippen molar-refractivity contribution in [2.45, 2.75) is 58.9 Å². The molecular weight excluding hydrogens is 326 g/mol. The summed E-state index contributed by atoms with van der Waals surface area (Å²) >= 11 is 0. The van der Waals surface area contributed by atoms with Crippen LogP contribution in [0.1, 0.15) is 51.8 Å². The molecule has 0 spiro atoms. The molecule has 8 nitrogen and oxygen atoms in total. The Balaban J connectivity index is 2.12. The minimum atomic E-state index is -1.01. The number of nitrogens with zero attached hydrogens (tertiary/aromatic N) is 1. The summed E-state index contributed by atoms with van der Waals surface area (Å²) in [6.45, 7) is 6.32. The van der Waals surface area contributed by atoms with E-state index in [2.05, 4.69) is 31.1 Å². The van der Waals surface area contributed by atoms with Crippen LogP contribution >= 0.6 is 0 Å². The molecule has 0 saturated carbocycles. The highest BCUT2D eigenvalue weighted by atomic mass is 16.5. The molecule has 1 saturated heterocycles. The second-order valence-electron chi connectivity index (χ2n) is 6.77. The van der Waals surface area contributed by atoms with E-state index < -0.39 is 23.4 Å². The van der Waals surface area contributed by atoms with Gasteiger partial charge >= 0.3 is 11.7 Å². The van der Waals surface area contributed by atoms with Crippen molar-refractivity contribution in [2.75, 3.05) is 6.54 Å². The Hall–Kier alpha value is -1.93. The first-order valence-corrected chi connectivity index (χ1v) is 8.75. The predicted molar refractivity (Wildman–Crippen MR) is 92.4 cm³/mol. The van der Waals surface area contributed by atoms with E-state index >= 15 is 0 Å². The lowest BCUT2D eigenvalue weighted by Crippen LogP contribution is -2.36. The van der Waals surface area contributed by atoms with Crippen molar-refractivity contribution in [1.82, 2.24) is 14.9 Å². The van der Waals surface area contributed by atoms with Crippen LogP contribution in [0.25, 0.3) is 0 Å². The van der Waals surface area contributed by atoms with Gasteiger partial charge in [0.1, 0.15) is 6.23 Å². The number of aromatic amines is 1. The van der Waals surface area contributed by atoms with Gasteiger partial charge in [-0.2, -0.15) is 0 Å². The molecule has 1 aliphatic heterocycles. The van der Waals surface area contributed by atoms with Crippen LogP contribution in [0.15, 0.2) is 15.8 Å². The molecule has 4 unspecified atom stereocenters. The Morgan fingerprint density at radius 2 is 2.16 bits per heavy atom. The molecule has 4 atom stereocenters. The highest BCUT2D eigenvalue weighted by Gasteiger charge is 2.33. The molecule has 1 fully saturated rings. The van der Waals surface area contributed by atoms with Crippen LogP contribution in [0, 0.1) is 11.8 Å². The lowest BCUT2D eigenvalue weighted by molar-refractivity contribution is -0.136. The number of aromatic nitrogens is 2. The lowest BCUT2D eigenvalue weighted by atomic mass is 9.88. The van der Waals surface area contributed by atoms with Gasteiger partial charge in [-0.3, -0.25) is 19.1 Å². The third-order valence-corrected chi connectivity index (χ3v) is 5.10. The maximum Gasteiger partial charge on any atom is 0.330 e. The van der Waals surface area contributed by atoms with Gasteiger partial charge in [-0.25, -0.2) is 4.79 Å². The van der Waals surface area contributed by atoms with Crippen LogP contribution in [-0.4, -0.2) is 33.3 Å². The van der Waals surface area contributed by atoms with Gasteiger partial charge in [-0.1, -0.05) is 27.2 Å². The number of ether oxygens (including phenoxy) is 1. The molecule has 8 heteroatoms.